The molecular weight excluding hydrogens is 446 g/mol. The van der Waals surface area contributed by atoms with Crippen LogP contribution in [0.3, 0.4) is 0 Å². The van der Waals surface area contributed by atoms with Gasteiger partial charge >= 0.3 is 0 Å². The van der Waals surface area contributed by atoms with Crippen LogP contribution >= 0.6 is 0 Å². The van der Waals surface area contributed by atoms with E-state index in [2.05, 4.69) is 22.1 Å². The number of rotatable bonds is 5. The molecule has 0 saturated carbocycles. The average Bonchev–Trinajstić information content (AvgIpc) is 3.47. The molecule has 5 heteroatoms. The van der Waals surface area contributed by atoms with E-state index in [1.807, 2.05) is 91.0 Å². The Morgan fingerprint density at radius 2 is 1.14 bits per heavy atom. The molecule has 0 unspecified atom stereocenters. The first-order valence-corrected chi connectivity index (χ1v) is 11.8. The van der Waals surface area contributed by atoms with E-state index in [1.165, 1.54) is 0 Å². The maximum Gasteiger partial charge on any atom is 0.280 e. The van der Waals surface area contributed by atoms with Crippen molar-refractivity contribution in [2.24, 2.45) is 10.7 Å². The number of carbonyl (C=O) groups is 1. The number of aliphatic imine (C=N–C) groups is 1. The molecule has 174 valence electrons. The van der Waals surface area contributed by atoms with Gasteiger partial charge < -0.3 is 15.8 Å². The lowest BCUT2D eigenvalue weighted by molar-refractivity contribution is 0.101. The number of aromatic amines is 1. The summed E-state index contributed by atoms with van der Waals surface area (Å²) < 4.78 is 0. The van der Waals surface area contributed by atoms with Crippen LogP contribution in [0.5, 0.6) is 5.88 Å². The predicted molar refractivity (Wildman–Crippen MR) is 143 cm³/mol. The van der Waals surface area contributed by atoms with Crippen molar-refractivity contribution >= 4 is 11.6 Å². The number of hydrogen-bond donors (Lipinski definition) is 3. The minimum atomic E-state index is -0.361. The van der Waals surface area contributed by atoms with Crippen LogP contribution in [0.25, 0.3) is 33.5 Å². The van der Waals surface area contributed by atoms with Gasteiger partial charge in [0.15, 0.2) is 5.88 Å². The number of carbonyl (C=O) groups excluding carboxylic acids is 1. The Balaban J connectivity index is 1.32. The summed E-state index contributed by atoms with van der Waals surface area (Å²) in [4.78, 5) is 20.3. The van der Waals surface area contributed by atoms with Gasteiger partial charge in [0, 0.05) is 12.1 Å². The lowest BCUT2D eigenvalue weighted by atomic mass is 9.97. The highest BCUT2D eigenvalue weighted by molar-refractivity contribution is 6.30. The van der Waals surface area contributed by atoms with E-state index >= 15 is 0 Å². The van der Waals surface area contributed by atoms with E-state index in [4.69, 9.17) is 5.73 Å². The second-order valence-corrected chi connectivity index (χ2v) is 8.79. The Bertz CT molecular complexity index is 1600. The van der Waals surface area contributed by atoms with Crippen LogP contribution in [0.1, 0.15) is 27.0 Å². The molecule has 4 N–H and O–H groups in total. The topological polar surface area (TPSA) is 91.5 Å². The summed E-state index contributed by atoms with van der Waals surface area (Å²) in [6.45, 7) is 0.509. The van der Waals surface area contributed by atoms with Crippen LogP contribution in [0.15, 0.2) is 108 Å². The molecule has 4 aromatic carbocycles. The highest BCUT2D eigenvalue weighted by atomic mass is 16.3. The molecule has 0 aliphatic carbocycles. The fourth-order valence-corrected chi connectivity index (χ4v) is 4.68. The number of nitrogens with two attached hydrogens (primary N) is 1. The number of benzene rings is 4. The van der Waals surface area contributed by atoms with E-state index in [-0.39, 0.29) is 11.8 Å². The van der Waals surface area contributed by atoms with Crippen LogP contribution in [0.4, 0.5) is 0 Å². The minimum absolute atomic E-state index is 0.0572. The van der Waals surface area contributed by atoms with Crippen LogP contribution in [0, 0.1) is 0 Å². The molecule has 0 spiro atoms. The van der Waals surface area contributed by atoms with Gasteiger partial charge in [-0.1, -0.05) is 103 Å². The van der Waals surface area contributed by atoms with Crippen molar-refractivity contribution in [1.82, 2.24) is 4.98 Å². The number of H-pyrrole nitrogens is 1. The summed E-state index contributed by atoms with van der Waals surface area (Å²) in [5.41, 5.74) is 14.6. The van der Waals surface area contributed by atoms with E-state index < -0.39 is 0 Å². The molecule has 36 heavy (non-hydrogen) atoms. The van der Waals surface area contributed by atoms with Crippen LogP contribution in [-0.4, -0.2) is 21.7 Å². The first-order chi connectivity index (χ1) is 17.6. The first-order valence-electron chi connectivity index (χ1n) is 11.8. The van der Waals surface area contributed by atoms with Crippen LogP contribution in [-0.2, 0) is 6.54 Å². The summed E-state index contributed by atoms with van der Waals surface area (Å²) in [7, 11) is 0. The molecule has 0 atom stereocenters. The number of nitrogens with zero attached hydrogens (tertiary/aromatic N) is 1. The number of aromatic nitrogens is 1. The molecular formula is C31H23N3O2. The van der Waals surface area contributed by atoms with Crippen molar-refractivity contribution in [3.63, 3.8) is 0 Å². The van der Waals surface area contributed by atoms with E-state index in [9.17, 15) is 9.90 Å². The van der Waals surface area contributed by atoms with Gasteiger partial charge in [0.2, 0.25) is 0 Å². The molecule has 1 aromatic heterocycles. The zero-order valence-electron chi connectivity index (χ0n) is 19.4. The number of aromatic hydroxyl groups is 1. The Hall–Kier alpha value is -4.74. The molecule has 1 aliphatic heterocycles. The van der Waals surface area contributed by atoms with Gasteiger partial charge in [-0.2, -0.15) is 0 Å². The molecule has 0 fully saturated rings. The lowest BCUT2D eigenvalue weighted by Gasteiger charge is -2.06. The lowest BCUT2D eigenvalue weighted by Crippen LogP contribution is -1.99. The largest absolute Gasteiger partial charge is 0.494 e. The van der Waals surface area contributed by atoms with E-state index in [0.29, 0.717) is 29.1 Å². The predicted octanol–water partition coefficient (Wildman–Crippen LogP) is 6.17. The standard InChI is InChI=1S/C31H23N3O2/c32-18-19-6-8-21(9-7-19)23-12-16-25(17-13-23)29-27-26(30(35)34-29)28(33-31(27)36)24-14-10-22(11-15-24)20-4-2-1-3-5-20/h1-17,33,36H,18,32H2. The summed E-state index contributed by atoms with van der Waals surface area (Å²) in [6, 6.07) is 33.9. The van der Waals surface area contributed by atoms with Crippen molar-refractivity contribution in [1.29, 1.82) is 0 Å². The second kappa shape index (κ2) is 8.80. The quantitative estimate of drug-likeness (QED) is 0.287. The monoisotopic (exact) mass is 469 g/mol. The highest BCUT2D eigenvalue weighted by Gasteiger charge is 2.33. The van der Waals surface area contributed by atoms with Crippen molar-refractivity contribution in [2.45, 2.75) is 6.54 Å². The van der Waals surface area contributed by atoms with Crippen LogP contribution in [0.2, 0.25) is 0 Å². The molecule has 0 radical (unpaired) electrons. The zero-order chi connectivity index (χ0) is 24.6. The Morgan fingerprint density at radius 1 is 0.639 bits per heavy atom. The van der Waals surface area contributed by atoms with Gasteiger partial charge in [0.1, 0.15) is 0 Å². The van der Waals surface area contributed by atoms with Gasteiger partial charge in [-0.05, 0) is 33.4 Å². The molecule has 1 aliphatic rings. The highest BCUT2D eigenvalue weighted by Crippen LogP contribution is 2.38. The average molecular weight is 470 g/mol. The van der Waals surface area contributed by atoms with Gasteiger partial charge in [-0.25, -0.2) is 4.99 Å². The molecule has 5 nitrogen and oxygen atoms in total. The summed E-state index contributed by atoms with van der Waals surface area (Å²) in [6.07, 6.45) is 0. The summed E-state index contributed by atoms with van der Waals surface area (Å²) in [5, 5.41) is 10.8. The second-order valence-electron chi connectivity index (χ2n) is 8.79. The van der Waals surface area contributed by atoms with Gasteiger partial charge in [-0.3, -0.25) is 4.79 Å². The molecule has 2 heterocycles. The third-order valence-corrected chi connectivity index (χ3v) is 6.61. The van der Waals surface area contributed by atoms with Crippen LogP contribution < -0.4 is 5.73 Å². The maximum absolute atomic E-state index is 13.0. The van der Waals surface area contributed by atoms with Crippen molar-refractivity contribution < 1.29 is 9.90 Å². The number of hydrogen-bond acceptors (Lipinski definition) is 3. The maximum atomic E-state index is 13.0. The molecule has 5 aromatic rings. The zero-order valence-corrected chi connectivity index (χ0v) is 19.4. The fourth-order valence-electron chi connectivity index (χ4n) is 4.68. The first kappa shape index (κ1) is 21.8. The summed E-state index contributed by atoms with van der Waals surface area (Å²) in [5.74, 6) is -0.418. The van der Waals surface area contributed by atoms with Crippen molar-refractivity contribution in [3.05, 3.63) is 125 Å². The van der Waals surface area contributed by atoms with E-state index in [1.54, 1.807) is 0 Å². The normalized spacial score (nSPS) is 12.5. The Morgan fingerprint density at radius 3 is 1.72 bits per heavy atom. The molecule has 0 saturated heterocycles. The smallest absolute Gasteiger partial charge is 0.280 e. The van der Waals surface area contributed by atoms with Gasteiger partial charge in [0.05, 0.1) is 22.5 Å². The Kier molecular flexibility index (Phi) is 5.32. The molecule has 0 bridgehead atoms. The SMILES string of the molecule is NCc1ccc(-c2ccc(C3=NC(=O)c4c(-c5ccc(-c6ccccc6)cc5)[nH]c(O)c43)cc2)cc1. The number of amides is 1. The molecule has 6 rings (SSSR count). The third-order valence-electron chi connectivity index (χ3n) is 6.61. The third kappa shape index (κ3) is 3.72. The fraction of sp³-hybridized carbons (Fsp3) is 0.0323. The number of fused-ring (bicyclic) bond motifs is 1. The van der Waals surface area contributed by atoms with Crippen molar-refractivity contribution in [2.75, 3.05) is 0 Å². The summed E-state index contributed by atoms with van der Waals surface area (Å²) >= 11 is 0. The van der Waals surface area contributed by atoms with E-state index in [0.717, 1.165) is 38.9 Å². The van der Waals surface area contributed by atoms with Gasteiger partial charge in [-0.15, -0.1) is 0 Å². The Labute approximate surface area is 208 Å². The molecule has 1 amide bonds. The van der Waals surface area contributed by atoms with Crippen molar-refractivity contribution in [3.8, 4) is 39.4 Å². The minimum Gasteiger partial charge on any atom is -0.494 e. The van der Waals surface area contributed by atoms with Gasteiger partial charge in [0.25, 0.3) is 5.91 Å². The number of nitrogens with one attached hydrogen (secondary N) is 1.